The number of carbonyl (C=O) groups is 1. The molecule has 4 atom stereocenters. The van der Waals surface area contributed by atoms with E-state index in [2.05, 4.69) is 4.98 Å². The lowest BCUT2D eigenvalue weighted by Crippen LogP contribution is -2.48. The van der Waals surface area contributed by atoms with E-state index >= 15 is 0 Å². The fourth-order valence-corrected chi connectivity index (χ4v) is 3.06. The van der Waals surface area contributed by atoms with Crippen molar-refractivity contribution in [3.63, 3.8) is 0 Å². The first kappa shape index (κ1) is 15.8. The second kappa shape index (κ2) is 6.21. The number of nitro groups is 1. The lowest BCUT2D eigenvalue weighted by Gasteiger charge is -2.39. The predicted molar refractivity (Wildman–Crippen MR) is 77.4 cm³/mol. The molecule has 23 heavy (non-hydrogen) atoms. The first-order valence-electron chi connectivity index (χ1n) is 7.56. The first-order valence-corrected chi connectivity index (χ1v) is 7.56. The zero-order chi connectivity index (χ0) is 16.6. The Labute approximate surface area is 132 Å². The highest BCUT2D eigenvalue weighted by molar-refractivity contribution is 5.66. The van der Waals surface area contributed by atoms with Gasteiger partial charge in [0, 0.05) is 19.5 Å². The summed E-state index contributed by atoms with van der Waals surface area (Å²) in [5, 5.41) is 21.6. The van der Waals surface area contributed by atoms with Gasteiger partial charge in [-0.2, -0.15) is 0 Å². The molecule has 124 valence electrons. The molecule has 1 aliphatic carbocycles. The van der Waals surface area contributed by atoms with Gasteiger partial charge >= 0.3 is 5.97 Å². The molecule has 0 radical (unpaired) electrons. The fraction of sp³-hybridized carbons (Fsp3) is 0.600. The minimum atomic E-state index is -0.913. The molecule has 0 unspecified atom stereocenters. The number of aromatic nitrogens is 1. The normalized spacial score (nSPS) is 30.7. The number of nitrogens with zero attached hydrogens (tertiary/aromatic N) is 2. The summed E-state index contributed by atoms with van der Waals surface area (Å²) in [6.07, 6.45) is 1.94. The number of carbonyl (C=O) groups excluding carboxylic acids is 1. The van der Waals surface area contributed by atoms with Gasteiger partial charge in [0.1, 0.15) is 18.4 Å². The van der Waals surface area contributed by atoms with Gasteiger partial charge in [0.2, 0.25) is 0 Å². The summed E-state index contributed by atoms with van der Waals surface area (Å²) in [6, 6.07) is 1.54. The van der Waals surface area contributed by atoms with Crippen LogP contribution in [0.2, 0.25) is 0 Å². The second-order valence-corrected chi connectivity index (χ2v) is 5.99. The molecule has 0 bridgehead atoms. The van der Waals surface area contributed by atoms with Crippen LogP contribution >= 0.6 is 0 Å². The average Bonchev–Trinajstić information content (AvgIpc) is 3.33. The number of aliphatic hydroxyl groups excluding tert-OH is 1. The van der Waals surface area contributed by atoms with E-state index in [1.165, 1.54) is 25.4 Å². The number of aliphatic hydroxyl groups is 1. The molecule has 0 spiro atoms. The van der Waals surface area contributed by atoms with E-state index in [0.29, 0.717) is 5.56 Å². The molecule has 2 heterocycles. The van der Waals surface area contributed by atoms with Crippen molar-refractivity contribution in [3.05, 3.63) is 34.1 Å². The van der Waals surface area contributed by atoms with Crippen molar-refractivity contribution < 1.29 is 24.3 Å². The Kier molecular flexibility index (Phi) is 4.27. The number of pyridine rings is 1. The zero-order valence-electron chi connectivity index (χ0n) is 12.6. The van der Waals surface area contributed by atoms with Crippen molar-refractivity contribution in [3.8, 4) is 0 Å². The number of hydrogen-bond donors (Lipinski definition) is 1. The average molecular weight is 322 g/mol. The van der Waals surface area contributed by atoms with Crippen LogP contribution in [0.3, 0.4) is 0 Å². The van der Waals surface area contributed by atoms with Gasteiger partial charge in [-0.3, -0.25) is 19.9 Å². The topological polar surface area (TPSA) is 112 Å². The lowest BCUT2D eigenvalue weighted by molar-refractivity contribution is -0.386. The van der Waals surface area contributed by atoms with Crippen molar-refractivity contribution in [2.24, 2.45) is 5.92 Å². The quantitative estimate of drug-likeness (QED) is 0.508. The van der Waals surface area contributed by atoms with E-state index in [4.69, 9.17) is 9.47 Å². The summed E-state index contributed by atoms with van der Waals surface area (Å²) >= 11 is 0. The van der Waals surface area contributed by atoms with Gasteiger partial charge in [-0.05, 0) is 24.8 Å². The third kappa shape index (κ3) is 3.32. The van der Waals surface area contributed by atoms with Crippen LogP contribution in [0.4, 0.5) is 5.69 Å². The summed E-state index contributed by atoms with van der Waals surface area (Å²) in [4.78, 5) is 25.7. The van der Waals surface area contributed by atoms with Crippen molar-refractivity contribution in [2.45, 2.75) is 50.6 Å². The van der Waals surface area contributed by atoms with E-state index in [1.54, 1.807) is 0 Å². The van der Waals surface area contributed by atoms with E-state index in [-0.39, 0.29) is 18.0 Å². The van der Waals surface area contributed by atoms with Gasteiger partial charge in [0.25, 0.3) is 5.69 Å². The minimum absolute atomic E-state index is 0.134. The Bertz CT molecular complexity index is 618. The second-order valence-electron chi connectivity index (χ2n) is 5.99. The van der Waals surface area contributed by atoms with Crippen molar-refractivity contribution in [1.82, 2.24) is 4.98 Å². The van der Waals surface area contributed by atoms with Crippen LogP contribution in [-0.4, -0.2) is 39.3 Å². The smallest absolute Gasteiger partial charge is 0.302 e. The summed E-state index contributed by atoms with van der Waals surface area (Å²) in [7, 11) is 0. The molecule has 3 rings (SSSR count). The largest absolute Gasteiger partial charge is 0.460 e. The summed E-state index contributed by atoms with van der Waals surface area (Å²) in [6.45, 7) is 1.28. The van der Waals surface area contributed by atoms with Gasteiger partial charge in [-0.1, -0.05) is 0 Å². The van der Waals surface area contributed by atoms with E-state index in [1.807, 2.05) is 0 Å². The van der Waals surface area contributed by atoms with E-state index in [0.717, 1.165) is 12.8 Å². The molecule has 1 aromatic heterocycles. The predicted octanol–water partition coefficient (Wildman–Crippen LogP) is 1.52. The minimum Gasteiger partial charge on any atom is -0.460 e. The van der Waals surface area contributed by atoms with Crippen LogP contribution in [0.1, 0.15) is 37.9 Å². The standard InChI is InChI=1S/C15H18N2O6/c1-8(18)22-13-6-12(23-15(14(13)19)9-2-3-9)10-4-5-16-7-11(10)17(20)21/h4-5,7,9,12-15,19H,2-3,6H2,1H3/t12-,13-,14+,15-/m1/s1. The molecule has 1 saturated carbocycles. The maximum atomic E-state index is 11.3. The number of esters is 1. The Hall–Kier alpha value is -2.06. The third-order valence-electron chi connectivity index (χ3n) is 4.27. The highest BCUT2D eigenvalue weighted by Gasteiger charge is 2.47. The molecule has 1 aliphatic heterocycles. The summed E-state index contributed by atoms with van der Waals surface area (Å²) < 4.78 is 11.1. The summed E-state index contributed by atoms with van der Waals surface area (Å²) in [5.41, 5.74) is 0.254. The molecule has 0 amide bonds. The molecule has 1 N–H and O–H groups in total. The van der Waals surface area contributed by atoms with Gasteiger partial charge in [-0.25, -0.2) is 0 Å². The molecular weight excluding hydrogens is 304 g/mol. The number of hydrogen-bond acceptors (Lipinski definition) is 7. The Balaban J connectivity index is 1.89. The third-order valence-corrected chi connectivity index (χ3v) is 4.27. The van der Waals surface area contributed by atoms with Gasteiger partial charge in [0.05, 0.1) is 22.7 Å². The van der Waals surface area contributed by atoms with Gasteiger partial charge in [0.15, 0.2) is 0 Å². The van der Waals surface area contributed by atoms with Crippen molar-refractivity contribution >= 4 is 11.7 Å². The van der Waals surface area contributed by atoms with Crippen LogP contribution in [0.15, 0.2) is 18.5 Å². The highest BCUT2D eigenvalue weighted by atomic mass is 16.6. The van der Waals surface area contributed by atoms with Crippen LogP contribution in [0.5, 0.6) is 0 Å². The van der Waals surface area contributed by atoms with Crippen LogP contribution in [-0.2, 0) is 14.3 Å². The lowest BCUT2D eigenvalue weighted by atomic mass is 9.91. The van der Waals surface area contributed by atoms with E-state index in [9.17, 15) is 20.0 Å². The summed E-state index contributed by atoms with van der Waals surface area (Å²) in [5.74, 6) is -0.291. The van der Waals surface area contributed by atoms with Crippen LogP contribution < -0.4 is 0 Å². The Morgan fingerprint density at radius 3 is 2.87 bits per heavy atom. The number of rotatable bonds is 4. The molecule has 1 saturated heterocycles. The Morgan fingerprint density at radius 2 is 2.26 bits per heavy atom. The van der Waals surface area contributed by atoms with Gasteiger partial charge < -0.3 is 14.6 Å². The monoisotopic (exact) mass is 322 g/mol. The van der Waals surface area contributed by atoms with Crippen LogP contribution in [0.25, 0.3) is 0 Å². The molecule has 0 aromatic carbocycles. The maximum absolute atomic E-state index is 11.3. The SMILES string of the molecule is CC(=O)O[C@@H]1C[C@H](c2ccncc2[N+](=O)[O-])O[C@H](C2CC2)[C@H]1O. The fourth-order valence-electron chi connectivity index (χ4n) is 3.06. The molecular formula is C15H18N2O6. The maximum Gasteiger partial charge on any atom is 0.302 e. The molecule has 8 heteroatoms. The first-order chi connectivity index (χ1) is 11.0. The Morgan fingerprint density at radius 1 is 1.52 bits per heavy atom. The molecule has 2 aliphatic rings. The van der Waals surface area contributed by atoms with Crippen molar-refractivity contribution in [2.75, 3.05) is 0 Å². The van der Waals surface area contributed by atoms with Crippen LogP contribution in [0, 0.1) is 16.0 Å². The molecule has 8 nitrogen and oxygen atoms in total. The van der Waals surface area contributed by atoms with E-state index < -0.39 is 35.3 Å². The van der Waals surface area contributed by atoms with Crippen molar-refractivity contribution in [1.29, 1.82) is 0 Å². The molecule has 1 aromatic rings. The highest BCUT2D eigenvalue weighted by Crippen LogP contribution is 2.45. The molecule has 2 fully saturated rings. The zero-order valence-corrected chi connectivity index (χ0v) is 12.6. The number of ether oxygens (including phenoxy) is 2. The van der Waals surface area contributed by atoms with Gasteiger partial charge in [-0.15, -0.1) is 0 Å².